The van der Waals surface area contributed by atoms with E-state index in [1.165, 1.54) is 0 Å². The normalized spacial score (nSPS) is 11.0. The van der Waals surface area contributed by atoms with Crippen LogP contribution in [0.4, 0.5) is 0 Å². The number of hydrogen-bond acceptors (Lipinski definition) is 4. The average molecular weight is 389 g/mol. The van der Waals surface area contributed by atoms with E-state index >= 15 is 0 Å². The van der Waals surface area contributed by atoms with Crippen LogP contribution in [0, 0.1) is 13.8 Å². The van der Waals surface area contributed by atoms with Gasteiger partial charge in [-0.3, -0.25) is 4.79 Å². The summed E-state index contributed by atoms with van der Waals surface area (Å²) in [7, 11) is 0. The van der Waals surface area contributed by atoms with Crippen LogP contribution < -0.4 is 5.73 Å². The lowest BCUT2D eigenvalue weighted by Crippen LogP contribution is -2.10. The third kappa shape index (κ3) is 3.21. The Hall–Kier alpha value is -3.31. The van der Waals surface area contributed by atoms with Crippen molar-refractivity contribution in [2.75, 3.05) is 0 Å². The van der Waals surface area contributed by atoms with E-state index in [4.69, 9.17) is 17.3 Å². The zero-order valence-corrected chi connectivity index (χ0v) is 16.2. The molecule has 0 saturated carbocycles. The van der Waals surface area contributed by atoms with Crippen molar-refractivity contribution in [1.29, 1.82) is 0 Å². The number of carbonyl (C=O) groups is 1. The van der Waals surface area contributed by atoms with Gasteiger partial charge in [0.1, 0.15) is 10.8 Å². The molecule has 6 heteroatoms. The Labute approximate surface area is 167 Å². The maximum atomic E-state index is 11.6. The molecule has 2 aromatic carbocycles. The maximum Gasteiger partial charge on any atom is 0.248 e. The van der Waals surface area contributed by atoms with Gasteiger partial charge in [0.2, 0.25) is 5.91 Å². The molecular weight excluding hydrogens is 372 g/mol. The van der Waals surface area contributed by atoms with Crippen molar-refractivity contribution in [2.45, 2.75) is 13.8 Å². The summed E-state index contributed by atoms with van der Waals surface area (Å²) in [5.74, 6) is -0.447. The molecule has 5 nitrogen and oxygen atoms in total. The summed E-state index contributed by atoms with van der Waals surface area (Å²) in [6, 6.07) is 15.3. The molecule has 0 atom stereocenters. The van der Waals surface area contributed by atoms with Crippen LogP contribution in [-0.4, -0.2) is 21.1 Å². The molecule has 2 heterocycles. The number of hydrogen-bond donors (Lipinski definition) is 1. The van der Waals surface area contributed by atoms with Crippen molar-refractivity contribution in [2.24, 2.45) is 5.73 Å². The van der Waals surface area contributed by atoms with Gasteiger partial charge >= 0.3 is 0 Å². The van der Waals surface area contributed by atoms with Crippen LogP contribution in [0.1, 0.15) is 21.6 Å². The number of aryl methyl sites for hydroxylation is 2. The molecule has 0 bridgehead atoms. The van der Waals surface area contributed by atoms with Gasteiger partial charge in [-0.05, 0) is 60.9 Å². The highest BCUT2D eigenvalue weighted by Crippen LogP contribution is 2.33. The van der Waals surface area contributed by atoms with Gasteiger partial charge in [0.05, 0.1) is 6.20 Å². The molecule has 2 aromatic heterocycles. The molecule has 2 N–H and O–H groups in total. The summed E-state index contributed by atoms with van der Waals surface area (Å²) in [5, 5.41) is 10.7. The Bertz CT molecular complexity index is 1240. The van der Waals surface area contributed by atoms with E-state index in [0.717, 1.165) is 38.7 Å². The van der Waals surface area contributed by atoms with Crippen LogP contribution in [0.5, 0.6) is 0 Å². The Kier molecular flexibility index (Phi) is 4.53. The van der Waals surface area contributed by atoms with Gasteiger partial charge in [0.15, 0.2) is 0 Å². The van der Waals surface area contributed by atoms with E-state index in [1.54, 1.807) is 12.3 Å². The third-order valence-electron chi connectivity index (χ3n) is 4.74. The van der Waals surface area contributed by atoms with E-state index in [-0.39, 0.29) is 0 Å². The molecule has 1 amide bonds. The standard InChI is InChI=1S/C22H17ClN4O/c1-12-3-5-15(22(24)28)10-19(12)14-6-8-17-16(9-14)11-25-27-20(17)18-7-4-13(2)26-21(18)23/h3-11H,1-2H3,(H2,24,28). The SMILES string of the molecule is Cc1ccc(-c2nncc3cc(-c4cc(C(N)=O)ccc4C)ccc23)c(Cl)n1. The molecule has 0 aliphatic rings. The van der Waals surface area contributed by atoms with Crippen molar-refractivity contribution in [3.8, 4) is 22.4 Å². The highest BCUT2D eigenvalue weighted by atomic mass is 35.5. The summed E-state index contributed by atoms with van der Waals surface area (Å²) in [6.07, 6.45) is 1.71. The van der Waals surface area contributed by atoms with Crippen molar-refractivity contribution < 1.29 is 4.79 Å². The highest BCUT2D eigenvalue weighted by Gasteiger charge is 2.13. The van der Waals surface area contributed by atoms with E-state index < -0.39 is 5.91 Å². The second-order valence-corrected chi connectivity index (χ2v) is 7.04. The minimum Gasteiger partial charge on any atom is -0.366 e. The van der Waals surface area contributed by atoms with Crippen LogP contribution in [0.2, 0.25) is 5.15 Å². The number of amides is 1. The third-order valence-corrected chi connectivity index (χ3v) is 5.03. The number of fused-ring (bicyclic) bond motifs is 1. The Balaban J connectivity index is 1.88. The molecule has 28 heavy (non-hydrogen) atoms. The maximum absolute atomic E-state index is 11.6. The quantitative estimate of drug-likeness (QED) is 0.514. The highest BCUT2D eigenvalue weighted by molar-refractivity contribution is 6.32. The molecule has 0 saturated heterocycles. The van der Waals surface area contributed by atoms with Crippen molar-refractivity contribution in [1.82, 2.24) is 15.2 Å². The fourth-order valence-corrected chi connectivity index (χ4v) is 3.53. The van der Waals surface area contributed by atoms with E-state index in [2.05, 4.69) is 15.2 Å². The van der Waals surface area contributed by atoms with Crippen molar-refractivity contribution in [3.05, 3.63) is 76.7 Å². The monoisotopic (exact) mass is 388 g/mol. The molecule has 0 radical (unpaired) electrons. The van der Waals surface area contributed by atoms with Crippen LogP contribution in [-0.2, 0) is 0 Å². The molecule has 4 aromatic rings. The Morgan fingerprint density at radius 2 is 1.82 bits per heavy atom. The summed E-state index contributed by atoms with van der Waals surface area (Å²) >= 11 is 6.34. The lowest BCUT2D eigenvalue weighted by Gasteiger charge is -2.11. The van der Waals surface area contributed by atoms with Crippen LogP contribution in [0.15, 0.2) is 54.7 Å². The van der Waals surface area contributed by atoms with Gasteiger partial charge in [0, 0.05) is 27.6 Å². The molecule has 4 rings (SSSR count). The number of nitrogens with zero attached hydrogens (tertiary/aromatic N) is 3. The summed E-state index contributed by atoms with van der Waals surface area (Å²) in [5.41, 5.74) is 11.2. The summed E-state index contributed by atoms with van der Waals surface area (Å²) in [6.45, 7) is 3.89. The number of pyridine rings is 1. The first kappa shape index (κ1) is 18.1. The van der Waals surface area contributed by atoms with Crippen molar-refractivity contribution >= 4 is 28.3 Å². The van der Waals surface area contributed by atoms with Gasteiger partial charge < -0.3 is 5.73 Å². The zero-order valence-electron chi connectivity index (χ0n) is 15.4. The predicted octanol–water partition coefficient (Wildman–Crippen LogP) is 4.73. The minimum absolute atomic E-state index is 0.399. The molecule has 0 aliphatic carbocycles. The van der Waals surface area contributed by atoms with Gasteiger partial charge in [0.25, 0.3) is 0 Å². The second kappa shape index (κ2) is 7.02. The van der Waals surface area contributed by atoms with E-state index in [9.17, 15) is 4.79 Å². The number of aromatic nitrogens is 3. The number of nitrogens with two attached hydrogens (primary N) is 1. The van der Waals surface area contributed by atoms with Gasteiger partial charge in [-0.2, -0.15) is 5.10 Å². The fraction of sp³-hybridized carbons (Fsp3) is 0.0909. The van der Waals surface area contributed by atoms with Gasteiger partial charge in [-0.15, -0.1) is 5.10 Å². The lowest BCUT2D eigenvalue weighted by molar-refractivity contribution is 0.100. The van der Waals surface area contributed by atoms with Crippen LogP contribution in [0.3, 0.4) is 0 Å². The number of halogens is 1. The summed E-state index contributed by atoms with van der Waals surface area (Å²) in [4.78, 5) is 15.9. The van der Waals surface area contributed by atoms with Gasteiger partial charge in [-0.25, -0.2) is 4.98 Å². The van der Waals surface area contributed by atoms with Gasteiger partial charge in [-0.1, -0.05) is 29.8 Å². The number of rotatable bonds is 3. The fourth-order valence-electron chi connectivity index (χ4n) is 3.24. The number of benzene rings is 2. The first-order valence-corrected chi connectivity index (χ1v) is 9.11. The Morgan fingerprint density at radius 3 is 2.57 bits per heavy atom. The number of primary amides is 1. The molecule has 138 valence electrons. The lowest BCUT2D eigenvalue weighted by atomic mass is 9.95. The predicted molar refractivity (Wildman–Crippen MR) is 111 cm³/mol. The molecule has 0 spiro atoms. The molecule has 0 fully saturated rings. The topological polar surface area (TPSA) is 81.8 Å². The molecular formula is C22H17ClN4O. The minimum atomic E-state index is -0.447. The first-order chi connectivity index (χ1) is 13.4. The summed E-state index contributed by atoms with van der Waals surface area (Å²) < 4.78 is 0. The van der Waals surface area contributed by atoms with Crippen molar-refractivity contribution in [3.63, 3.8) is 0 Å². The largest absolute Gasteiger partial charge is 0.366 e. The average Bonchev–Trinajstić information content (AvgIpc) is 2.67. The number of carbonyl (C=O) groups excluding carboxylic acids is 1. The molecule has 0 unspecified atom stereocenters. The van der Waals surface area contributed by atoms with Crippen LogP contribution >= 0.6 is 11.6 Å². The smallest absolute Gasteiger partial charge is 0.248 e. The molecule has 0 aliphatic heterocycles. The second-order valence-electron chi connectivity index (χ2n) is 6.68. The van der Waals surface area contributed by atoms with E-state index in [0.29, 0.717) is 16.4 Å². The zero-order chi connectivity index (χ0) is 19.8. The Morgan fingerprint density at radius 1 is 1.00 bits per heavy atom. The van der Waals surface area contributed by atoms with E-state index in [1.807, 2.05) is 56.3 Å². The first-order valence-electron chi connectivity index (χ1n) is 8.74. The van der Waals surface area contributed by atoms with Crippen LogP contribution in [0.25, 0.3) is 33.2 Å².